The van der Waals surface area contributed by atoms with Crippen molar-refractivity contribution in [2.75, 3.05) is 6.61 Å². The van der Waals surface area contributed by atoms with Gasteiger partial charge in [-0.1, -0.05) is 11.6 Å². The molecular weight excluding hydrogens is 431 g/mol. The van der Waals surface area contributed by atoms with Crippen molar-refractivity contribution in [2.45, 2.75) is 6.92 Å². The number of halogens is 2. The highest BCUT2D eigenvalue weighted by atomic mass is 127. The molecule has 120 valence electrons. The highest BCUT2D eigenvalue weighted by Crippen LogP contribution is 2.24. The lowest BCUT2D eigenvalue weighted by molar-refractivity contribution is -0.123. The van der Waals surface area contributed by atoms with Gasteiger partial charge in [-0.15, -0.1) is 0 Å². The third-order valence-corrected chi connectivity index (χ3v) is 3.72. The number of amides is 1. The Kier molecular flexibility index (Phi) is 6.66. The first-order valence-corrected chi connectivity index (χ1v) is 8.13. The lowest BCUT2D eigenvalue weighted by atomic mass is 10.3. The maximum absolute atomic E-state index is 11.7. The average molecular weight is 445 g/mol. The fourth-order valence-electron chi connectivity index (χ4n) is 1.54. The Balaban J connectivity index is 1.81. The highest BCUT2D eigenvalue weighted by Gasteiger charge is 2.05. The van der Waals surface area contributed by atoms with Crippen LogP contribution in [0.15, 0.2) is 52.2 Å². The second-order valence-electron chi connectivity index (χ2n) is 4.50. The molecule has 0 aliphatic heterocycles. The Morgan fingerprint density at radius 2 is 2.30 bits per heavy atom. The first kappa shape index (κ1) is 17.6. The molecule has 1 aromatic carbocycles. The highest BCUT2D eigenvalue weighted by molar-refractivity contribution is 14.1. The first-order chi connectivity index (χ1) is 11.0. The summed E-state index contributed by atoms with van der Waals surface area (Å²) in [6.07, 6.45) is 5.09. The second kappa shape index (κ2) is 8.73. The van der Waals surface area contributed by atoms with E-state index in [2.05, 4.69) is 33.1 Å². The summed E-state index contributed by atoms with van der Waals surface area (Å²) >= 11 is 7.95. The molecule has 23 heavy (non-hydrogen) atoms. The number of nitrogens with zero attached hydrogens (tertiary/aromatic N) is 1. The summed E-state index contributed by atoms with van der Waals surface area (Å²) in [4.78, 5) is 11.7. The van der Waals surface area contributed by atoms with Crippen LogP contribution in [0, 0.1) is 3.57 Å². The molecule has 5 nitrogen and oxygen atoms in total. The standard InChI is InChI=1S/C16H14ClIN2O3/c1-11(4-6-13-3-2-8-22-13)19-20-16(21)10-23-15-7-5-12(17)9-14(15)18/h2-9H,10H2,1H3,(H,20,21). The molecule has 0 aliphatic rings. The van der Waals surface area contributed by atoms with E-state index in [1.165, 1.54) is 0 Å². The molecule has 1 amide bonds. The Morgan fingerprint density at radius 1 is 1.48 bits per heavy atom. The van der Waals surface area contributed by atoms with Crippen molar-refractivity contribution in [3.05, 3.63) is 57.0 Å². The Hall–Kier alpha value is -1.80. The van der Waals surface area contributed by atoms with Gasteiger partial charge in [-0.05, 0) is 72.0 Å². The van der Waals surface area contributed by atoms with Crippen LogP contribution in [0.5, 0.6) is 5.75 Å². The predicted octanol–water partition coefficient (Wildman–Crippen LogP) is 4.12. The van der Waals surface area contributed by atoms with E-state index in [0.717, 1.165) is 3.57 Å². The number of nitrogens with one attached hydrogen (secondary N) is 1. The molecule has 1 heterocycles. The molecule has 0 fully saturated rings. The summed E-state index contributed by atoms with van der Waals surface area (Å²) in [7, 11) is 0. The third kappa shape index (κ3) is 6.07. The van der Waals surface area contributed by atoms with Gasteiger partial charge in [0.05, 0.1) is 15.5 Å². The molecule has 2 rings (SSSR count). The Labute approximate surface area is 152 Å². The molecule has 0 atom stereocenters. The van der Waals surface area contributed by atoms with Gasteiger partial charge in [0.25, 0.3) is 5.91 Å². The van der Waals surface area contributed by atoms with E-state index in [1.807, 2.05) is 6.07 Å². The summed E-state index contributed by atoms with van der Waals surface area (Å²) in [5, 5.41) is 4.58. The van der Waals surface area contributed by atoms with E-state index in [4.69, 9.17) is 20.8 Å². The quantitative estimate of drug-likeness (QED) is 0.414. The number of carbonyl (C=O) groups is 1. The molecule has 0 radical (unpaired) electrons. The van der Waals surface area contributed by atoms with Crippen LogP contribution in [0.25, 0.3) is 6.08 Å². The van der Waals surface area contributed by atoms with Gasteiger partial charge in [-0.2, -0.15) is 5.10 Å². The van der Waals surface area contributed by atoms with Crippen molar-refractivity contribution in [2.24, 2.45) is 5.10 Å². The number of hydrazone groups is 1. The number of hydrogen-bond acceptors (Lipinski definition) is 4. The van der Waals surface area contributed by atoms with Gasteiger partial charge in [-0.3, -0.25) is 4.79 Å². The Bertz CT molecular complexity index is 727. The number of furan rings is 1. The monoisotopic (exact) mass is 444 g/mol. The fourth-order valence-corrected chi connectivity index (χ4v) is 2.57. The van der Waals surface area contributed by atoms with E-state index in [0.29, 0.717) is 22.2 Å². The first-order valence-electron chi connectivity index (χ1n) is 6.67. The SMILES string of the molecule is CC(C=Cc1ccco1)=NNC(=O)COc1ccc(Cl)cc1I. The summed E-state index contributed by atoms with van der Waals surface area (Å²) in [6.45, 7) is 1.64. The minimum Gasteiger partial charge on any atom is -0.483 e. The van der Waals surface area contributed by atoms with Crippen molar-refractivity contribution < 1.29 is 13.9 Å². The van der Waals surface area contributed by atoms with Gasteiger partial charge in [-0.25, -0.2) is 5.43 Å². The molecule has 0 aliphatic carbocycles. The molecule has 7 heteroatoms. The Morgan fingerprint density at radius 3 is 3.00 bits per heavy atom. The van der Waals surface area contributed by atoms with Crippen LogP contribution >= 0.6 is 34.2 Å². The summed E-state index contributed by atoms with van der Waals surface area (Å²) in [5.74, 6) is 0.969. The van der Waals surface area contributed by atoms with Crippen LogP contribution in [0.3, 0.4) is 0 Å². The predicted molar refractivity (Wildman–Crippen MR) is 98.7 cm³/mol. The zero-order chi connectivity index (χ0) is 16.7. The second-order valence-corrected chi connectivity index (χ2v) is 6.10. The number of rotatable bonds is 6. The molecule has 0 spiro atoms. The number of ether oxygens (including phenoxy) is 1. The van der Waals surface area contributed by atoms with Crippen LogP contribution < -0.4 is 10.2 Å². The number of allylic oxidation sites excluding steroid dienone is 1. The van der Waals surface area contributed by atoms with Crippen LogP contribution in [0.4, 0.5) is 0 Å². The largest absolute Gasteiger partial charge is 0.483 e. The van der Waals surface area contributed by atoms with E-state index >= 15 is 0 Å². The maximum atomic E-state index is 11.7. The van der Waals surface area contributed by atoms with Crippen LogP contribution in [0.2, 0.25) is 5.02 Å². The van der Waals surface area contributed by atoms with Gasteiger partial charge in [0.15, 0.2) is 6.61 Å². The number of carbonyl (C=O) groups excluding carboxylic acids is 1. The van der Waals surface area contributed by atoms with E-state index in [1.54, 1.807) is 49.6 Å². The van der Waals surface area contributed by atoms with Gasteiger partial charge in [0.2, 0.25) is 0 Å². The van der Waals surface area contributed by atoms with Gasteiger partial charge < -0.3 is 9.15 Å². The number of benzene rings is 1. The van der Waals surface area contributed by atoms with E-state index in [-0.39, 0.29) is 12.5 Å². The molecule has 0 unspecified atom stereocenters. The molecular formula is C16H14ClIN2O3. The van der Waals surface area contributed by atoms with Crippen molar-refractivity contribution in [1.29, 1.82) is 0 Å². The van der Waals surface area contributed by atoms with Crippen molar-refractivity contribution in [1.82, 2.24) is 5.43 Å². The number of hydrogen-bond donors (Lipinski definition) is 1. The van der Waals surface area contributed by atoms with Gasteiger partial charge >= 0.3 is 0 Å². The van der Waals surface area contributed by atoms with Gasteiger partial charge in [0.1, 0.15) is 11.5 Å². The van der Waals surface area contributed by atoms with Crippen molar-refractivity contribution >= 4 is 51.9 Å². The topological polar surface area (TPSA) is 63.8 Å². The van der Waals surface area contributed by atoms with Crippen LogP contribution in [-0.4, -0.2) is 18.2 Å². The molecule has 0 bridgehead atoms. The normalized spacial score (nSPS) is 11.7. The zero-order valence-corrected chi connectivity index (χ0v) is 15.2. The average Bonchev–Trinajstić information content (AvgIpc) is 3.03. The summed E-state index contributed by atoms with van der Waals surface area (Å²) in [5.41, 5.74) is 3.06. The smallest absolute Gasteiger partial charge is 0.277 e. The molecule has 2 aromatic rings. The fraction of sp³-hybridized carbons (Fsp3) is 0.125. The zero-order valence-electron chi connectivity index (χ0n) is 12.3. The molecule has 0 saturated heterocycles. The molecule has 0 saturated carbocycles. The van der Waals surface area contributed by atoms with Gasteiger partial charge in [0, 0.05) is 5.02 Å². The molecule has 1 N–H and O–H groups in total. The lowest BCUT2D eigenvalue weighted by Gasteiger charge is -2.07. The lowest BCUT2D eigenvalue weighted by Crippen LogP contribution is -2.25. The third-order valence-electron chi connectivity index (χ3n) is 2.64. The van der Waals surface area contributed by atoms with Crippen LogP contribution in [0.1, 0.15) is 12.7 Å². The minimum absolute atomic E-state index is 0.129. The van der Waals surface area contributed by atoms with Crippen LogP contribution in [-0.2, 0) is 4.79 Å². The summed E-state index contributed by atoms with van der Waals surface area (Å²) < 4.78 is 11.4. The minimum atomic E-state index is -0.346. The summed E-state index contributed by atoms with van der Waals surface area (Å²) in [6, 6.07) is 8.81. The van der Waals surface area contributed by atoms with Crippen molar-refractivity contribution in [3.63, 3.8) is 0 Å². The van der Waals surface area contributed by atoms with E-state index in [9.17, 15) is 4.79 Å². The van der Waals surface area contributed by atoms with E-state index < -0.39 is 0 Å². The maximum Gasteiger partial charge on any atom is 0.277 e. The molecule has 1 aromatic heterocycles. The van der Waals surface area contributed by atoms with Crippen molar-refractivity contribution in [3.8, 4) is 5.75 Å².